The van der Waals surface area contributed by atoms with Crippen LogP contribution in [0.2, 0.25) is 0 Å². The Bertz CT molecular complexity index is 715. The molecule has 6 nitrogen and oxygen atoms in total. The van der Waals surface area contributed by atoms with E-state index < -0.39 is 26.8 Å². The van der Waals surface area contributed by atoms with Crippen molar-refractivity contribution in [2.24, 2.45) is 0 Å². The summed E-state index contributed by atoms with van der Waals surface area (Å²) in [7, 11) is -3.86. The van der Waals surface area contributed by atoms with Gasteiger partial charge in [0.25, 0.3) is 10.0 Å². The molecular weight excluding hydrogens is 282 g/mol. The number of rotatable bonds is 5. The fourth-order valence-corrected chi connectivity index (χ4v) is 2.48. The van der Waals surface area contributed by atoms with Gasteiger partial charge in [-0.2, -0.15) is 0 Å². The van der Waals surface area contributed by atoms with Gasteiger partial charge in [0.1, 0.15) is 0 Å². The van der Waals surface area contributed by atoms with Crippen molar-refractivity contribution >= 4 is 16.0 Å². The lowest BCUT2D eigenvalue weighted by atomic mass is 10.2. The van der Waals surface area contributed by atoms with E-state index >= 15 is 0 Å². The van der Waals surface area contributed by atoms with E-state index in [-0.39, 0.29) is 6.54 Å². The number of nitrogens with one attached hydrogen (secondary N) is 1. The molecule has 0 spiro atoms. The third kappa shape index (κ3) is 3.25. The van der Waals surface area contributed by atoms with Crippen LogP contribution in [-0.2, 0) is 16.6 Å². The Morgan fingerprint density at radius 1 is 1.20 bits per heavy atom. The van der Waals surface area contributed by atoms with Crippen molar-refractivity contribution in [3.8, 4) is 0 Å². The van der Waals surface area contributed by atoms with Gasteiger partial charge in [0.2, 0.25) is 10.9 Å². The summed E-state index contributed by atoms with van der Waals surface area (Å²) < 4.78 is 30.9. The lowest BCUT2D eigenvalue weighted by molar-refractivity contribution is 0.0656. The molecule has 0 amide bonds. The number of sulfonamides is 1. The third-order valence-corrected chi connectivity index (χ3v) is 3.92. The Kier molecular flexibility index (Phi) is 3.91. The number of hydrogen-bond donors (Lipinski definition) is 2. The lowest BCUT2D eigenvalue weighted by Gasteiger charge is -2.04. The highest BCUT2D eigenvalue weighted by Gasteiger charge is 2.20. The zero-order valence-corrected chi connectivity index (χ0v) is 11.5. The molecule has 2 rings (SSSR count). The molecule has 0 bridgehead atoms. The van der Waals surface area contributed by atoms with Gasteiger partial charge in [0.05, 0.1) is 0 Å². The van der Waals surface area contributed by atoms with Crippen LogP contribution in [-0.4, -0.2) is 19.5 Å². The van der Waals surface area contributed by atoms with Gasteiger partial charge in [0.15, 0.2) is 0 Å². The molecule has 0 fully saturated rings. The molecule has 1 aromatic carbocycles. The van der Waals surface area contributed by atoms with Crippen LogP contribution in [0.3, 0.4) is 0 Å². The van der Waals surface area contributed by atoms with E-state index in [0.29, 0.717) is 0 Å². The van der Waals surface area contributed by atoms with Gasteiger partial charge in [-0.1, -0.05) is 29.8 Å². The molecule has 0 unspecified atom stereocenters. The predicted molar refractivity (Wildman–Crippen MR) is 70.9 cm³/mol. The molecule has 0 aliphatic carbocycles. The smallest absolute Gasteiger partial charge is 0.371 e. The second-order valence-electron chi connectivity index (χ2n) is 4.23. The minimum atomic E-state index is -3.86. The van der Waals surface area contributed by atoms with Crippen LogP contribution in [0.15, 0.2) is 45.9 Å². The maximum Gasteiger partial charge on any atom is 0.371 e. The van der Waals surface area contributed by atoms with Gasteiger partial charge in [-0.15, -0.1) is 0 Å². The van der Waals surface area contributed by atoms with Crippen molar-refractivity contribution < 1.29 is 22.7 Å². The summed E-state index contributed by atoms with van der Waals surface area (Å²) in [5, 5.41) is 8.27. The highest BCUT2D eigenvalue weighted by molar-refractivity contribution is 7.89. The Morgan fingerprint density at radius 2 is 1.85 bits per heavy atom. The molecule has 1 aromatic heterocycles. The molecular formula is C13H13NO5S. The molecule has 0 aliphatic heterocycles. The Morgan fingerprint density at radius 3 is 2.40 bits per heavy atom. The first kappa shape index (κ1) is 14.3. The summed E-state index contributed by atoms with van der Waals surface area (Å²) in [5.74, 6) is -1.73. The SMILES string of the molecule is Cc1ccc(CNS(=O)(=O)c2ccc(C(=O)O)o2)cc1. The van der Waals surface area contributed by atoms with Crippen molar-refractivity contribution in [1.29, 1.82) is 0 Å². The first-order valence-corrected chi connectivity index (χ1v) is 7.25. The molecule has 0 aliphatic rings. The Labute approximate surface area is 116 Å². The molecule has 20 heavy (non-hydrogen) atoms. The number of furan rings is 1. The Hall–Kier alpha value is -2.12. The van der Waals surface area contributed by atoms with E-state index in [0.717, 1.165) is 23.3 Å². The van der Waals surface area contributed by atoms with Gasteiger partial charge in [-0.25, -0.2) is 17.9 Å². The molecule has 7 heteroatoms. The average Bonchev–Trinajstić information content (AvgIpc) is 2.89. The average molecular weight is 295 g/mol. The topological polar surface area (TPSA) is 96.6 Å². The molecule has 0 radical (unpaired) electrons. The van der Waals surface area contributed by atoms with Crippen molar-refractivity contribution in [3.05, 3.63) is 53.3 Å². The first-order valence-electron chi connectivity index (χ1n) is 5.77. The van der Waals surface area contributed by atoms with E-state index in [9.17, 15) is 13.2 Å². The van der Waals surface area contributed by atoms with Gasteiger partial charge >= 0.3 is 5.97 Å². The molecule has 0 saturated carbocycles. The van der Waals surface area contributed by atoms with Crippen molar-refractivity contribution in [3.63, 3.8) is 0 Å². The van der Waals surface area contributed by atoms with Gasteiger partial charge in [-0.05, 0) is 24.6 Å². The molecule has 2 N–H and O–H groups in total. The van der Waals surface area contributed by atoms with Crippen LogP contribution in [0.25, 0.3) is 0 Å². The molecule has 0 saturated heterocycles. The second-order valence-corrected chi connectivity index (χ2v) is 5.93. The van der Waals surface area contributed by atoms with E-state index in [1.54, 1.807) is 0 Å². The lowest BCUT2D eigenvalue weighted by Crippen LogP contribution is -2.22. The number of benzene rings is 1. The maximum absolute atomic E-state index is 11.9. The maximum atomic E-state index is 11.9. The van der Waals surface area contributed by atoms with Gasteiger partial charge in [-0.3, -0.25) is 0 Å². The highest BCUT2D eigenvalue weighted by Crippen LogP contribution is 2.14. The van der Waals surface area contributed by atoms with Crippen molar-refractivity contribution in [2.75, 3.05) is 0 Å². The number of carboxylic acid groups (broad SMARTS) is 1. The monoisotopic (exact) mass is 295 g/mol. The van der Waals surface area contributed by atoms with Crippen LogP contribution < -0.4 is 4.72 Å². The molecule has 0 atom stereocenters. The van der Waals surface area contributed by atoms with Crippen LogP contribution >= 0.6 is 0 Å². The predicted octanol–water partition coefficient (Wildman–Crippen LogP) is 1.76. The van der Waals surface area contributed by atoms with Gasteiger partial charge in [0, 0.05) is 6.54 Å². The number of hydrogen-bond acceptors (Lipinski definition) is 4. The first-order chi connectivity index (χ1) is 9.38. The summed E-state index contributed by atoms with van der Waals surface area (Å²) in [5.41, 5.74) is 1.87. The summed E-state index contributed by atoms with van der Waals surface area (Å²) in [6.07, 6.45) is 0. The largest absolute Gasteiger partial charge is 0.475 e. The van der Waals surface area contributed by atoms with E-state index in [1.807, 2.05) is 31.2 Å². The highest BCUT2D eigenvalue weighted by atomic mass is 32.2. The van der Waals surface area contributed by atoms with Crippen molar-refractivity contribution in [1.82, 2.24) is 4.72 Å². The minimum absolute atomic E-state index is 0.103. The normalized spacial score (nSPS) is 11.4. The number of carbonyl (C=O) groups is 1. The summed E-state index contributed by atoms with van der Waals surface area (Å²) in [6, 6.07) is 9.58. The summed E-state index contributed by atoms with van der Waals surface area (Å²) >= 11 is 0. The number of aryl methyl sites for hydroxylation is 1. The van der Waals surface area contributed by atoms with E-state index in [4.69, 9.17) is 9.52 Å². The fourth-order valence-electron chi connectivity index (χ4n) is 1.53. The van der Waals surface area contributed by atoms with Crippen LogP contribution in [0.4, 0.5) is 0 Å². The number of aromatic carboxylic acids is 1. The number of carboxylic acids is 1. The standard InChI is InChI=1S/C13H13NO5S/c1-9-2-4-10(5-3-9)8-14-20(17,18)12-7-6-11(19-12)13(15)16/h2-7,14H,8H2,1H3,(H,15,16). The van der Waals surface area contributed by atoms with Crippen LogP contribution in [0.1, 0.15) is 21.7 Å². The van der Waals surface area contributed by atoms with E-state index in [2.05, 4.69) is 4.72 Å². The summed E-state index contributed by atoms with van der Waals surface area (Å²) in [6.45, 7) is 2.04. The van der Waals surface area contributed by atoms with Crippen molar-refractivity contribution in [2.45, 2.75) is 18.6 Å². The third-order valence-electron chi connectivity index (χ3n) is 2.64. The quantitative estimate of drug-likeness (QED) is 0.876. The van der Waals surface area contributed by atoms with Crippen LogP contribution in [0.5, 0.6) is 0 Å². The zero-order valence-electron chi connectivity index (χ0n) is 10.7. The zero-order chi connectivity index (χ0) is 14.8. The molecule has 106 valence electrons. The second kappa shape index (κ2) is 5.48. The summed E-state index contributed by atoms with van der Waals surface area (Å²) in [4.78, 5) is 10.6. The van der Waals surface area contributed by atoms with Gasteiger partial charge < -0.3 is 9.52 Å². The van der Waals surface area contributed by atoms with E-state index in [1.165, 1.54) is 0 Å². The van der Waals surface area contributed by atoms with Crippen LogP contribution in [0, 0.1) is 6.92 Å². The fraction of sp³-hybridized carbons (Fsp3) is 0.154. The Balaban J connectivity index is 2.10. The minimum Gasteiger partial charge on any atom is -0.475 e. The molecule has 2 aromatic rings. The molecule has 1 heterocycles.